The first-order chi connectivity index (χ1) is 9.10. The van der Waals surface area contributed by atoms with Gasteiger partial charge < -0.3 is 16.2 Å². The van der Waals surface area contributed by atoms with Crippen LogP contribution in [-0.4, -0.2) is 22.5 Å². The van der Waals surface area contributed by atoms with Crippen LogP contribution in [-0.2, 0) is 4.79 Å². The third-order valence-electron chi connectivity index (χ3n) is 2.55. The number of nitrogens with one attached hydrogen (secondary N) is 1. The van der Waals surface area contributed by atoms with Gasteiger partial charge in [-0.1, -0.05) is 23.2 Å². The number of hydrogen-bond acceptors (Lipinski definition) is 3. The highest BCUT2D eigenvalue weighted by Gasteiger charge is 2.17. The Labute approximate surface area is 127 Å². The Morgan fingerprint density at radius 3 is 2.20 bits per heavy atom. The van der Waals surface area contributed by atoms with Crippen LogP contribution in [0.2, 0.25) is 10.0 Å². The molecule has 0 saturated carbocycles. The molecular weight excluding hydrogens is 303 g/mol. The van der Waals surface area contributed by atoms with Gasteiger partial charge in [0.05, 0.1) is 21.3 Å². The van der Waals surface area contributed by atoms with Crippen LogP contribution in [0.25, 0.3) is 0 Å². The maximum absolute atomic E-state index is 11.8. The zero-order chi connectivity index (χ0) is 15.5. The van der Waals surface area contributed by atoms with Gasteiger partial charge in [-0.3, -0.25) is 4.79 Å². The summed E-state index contributed by atoms with van der Waals surface area (Å²) < 4.78 is 0. The normalized spacial score (nSPS) is 11.2. The molecule has 0 saturated heterocycles. The molecule has 4 N–H and O–H groups in total. The molecule has 0 atom stereocenters. The quantitative estimate of drug-likeness (QED) is 0.777. The number of carboxylic acid groups (broad SMARTS) is 1. The lowest BCUT2D eigenvalue weighted by Gasteiger charge is -2.18. The summed E-state index contributed by atoms with van der Waals surface area (Å²) in [6.07, 6.45) is 0.720. The number of aromatic carboxylic acids is 1. The Morgan fingerprint density at radius 2 is 1.80 bits per heavy atom. The fourth-order valence-electron chi connectivity index (χ4n) is 1.45. The van der Waals surface area contributed by atoms with Crippen molar-refractivity contribution >= 4 is 40.8 Å². The summed E-state index contributed by atoms with van der Waals surface area (Å²) in [6.45, 7) is 3.64. The van der Waals surface area contributed by atoms with Crippen LogP contribution in [0.4, 0.5) is 5.69 Å². The third-order valence-corrected chi connectivity index (χ3v) is 3.15. The third kappa shape index (κ3) is 5.00. The molecule has 0 aliphatic heterocycles. The van der Waals surface area contributed by atoms with Crippen molar-refractivity contribution in [2.24, 2.45) is 5.73 Å². The van der Waals surface area contributed by atoms with E-state index in [1.807, 2.05) is 13.8 Å². The van der Waals surface area contributed by atoms with Gasteiger partial charge in [0, 0.05) is 12.0 Å². The van der Waals surface area contributed by atoms with Gasteiger partial charge in [-0.05, 0) is 32.4 Å². The second kappa shape index (κ2) is 6.43. The van der Waals surface area contributed by atoms with Crippen molar-refractivity contribution in [3.8, 4) is 0 Å². The van der Waals surface area contributed by atoms with Crippen molar-refractivity contribution in [2.45, 2.75) is 32.2 Å². The molecule has 0 heterocycles. The Balaban J connectivity index is 2.83. The standard InChI is InChI=1S/C13H16Cl2N2O3/c1-13(2,16)4-3-10(18)17-11-8(14)5-7(12(19)20)6-9(11)15/h5-6H,3-4,16H2,1-2H3,(H,17,18)(H,19,20). The van der Waals surface area contributed by atoms with E-state index >= 15 is 0 Å². The second-order valence-electron chi connectivity index (χ2n) is 5.16. The number of halogens is 2. The minimum absolute atomic E-state index is 0.0407. The first kappa shape index (κ1) is 16.8. The topological polar surface area (TPSA) is 92.4 Å². The first-order valence-corrected chi connectivity index (χ1v) is 6.67. The lowest BCUT2D eigenvalue weighted by atomic mass is 10.00. The molecule has 0 aliphatic carbocycles. The smallest absolute Gasteiger partial charge is 0.335 e. The number of anilines is 1. The average Bonchev–Trinajstić information content (AvgIpc) is 2.30. The minimum Gasteiger partial charge on any atom is -0.478 e. The zero-order valence-electron chi connectivity index (χ0n) is 11.2. The van der Waals surface area contributed by atoms with Gasteiger partial charge in [-0.2, -0.15) is 0 Å². The van der Waals surface area contributed by atoms with Crippen molar-refractivity contribution in [1.82, 2.24) is 0 Å². The van der Waals surface area contributed by atoms with Crippen LogP contribution in [0.3, 0.4) is 0 Å². The molecule has 1 rings (SSSR count). The van der Waals surface area contributed by atoms with Crippen LogP contribution in [0.15, 0.2) is 12.1 Å². The SMILES string of the molecule is CC(C)(N)CCC(=O)Nc1c(Cl)cc(C(=O)O)cc1Cl. The molecule has 0 fully saturated rings. The Morgan fingerprint density at radius 1 is 1.30 bits per heavy atom. The number of hydrogen-bond donors (Lipinski definition) is 3. The van der Waals surface area contributed by atoms with E-state index in [0.29, 0.717) is 6.42 Å². The van der Waals surface area contributed by atoms with Crippen molar-refractivity contribution in [2.75, 3.05) is 5.32 Å². The highest BCUT2D eigenvalue weighted by atomic mass is 35.5. The molecule has 0 radical (unpaired) electrons. The largest absolute Gasteiger partial charge is 0.478 e. The zero-order valence-corrected chi connectivity index (χ0v) is 12.7. The molecule has 0 aromatic heterocycles. The number of carbonyl (C=O) groups excluding carboxylic acids is 1. The number of benzene rings is 1. The van der Waals surface area contributed by atoms with E-state index in [4.69, 9.17) is 34.0 Å². The van der Waals surface area contributed by atoms with E-state index in [2.05, 4.69) is 5.32 Å². The van der Waals surface area contributed by atoms with Crippen LogP contribution >= 0.6 is 23.2 Å². The van der Waals surface area contributed by atoms with E-state index in [1.165, 1.54) is 12.1 Å². The molecular formula is C13H16Cl2N2O3. The molecule has 5 nitrogen and oxygen atoms in total. The Hall–Kier alpha value is -1.30. The number of nitrogens with two attached hydrogens (primary N) is 1. The summed E-state index contributed by atoms with van der Waals surface area (Å²) in [7, 11) is 0. The Kier molecular flexibility index (Phi) is 5.39. The molecule has 1 aromatic rings. The molecule has 0 spiro atoms. The monoisotopic (exact) mass is 318 g/mol. The molecule has 0 unspecified atom stereocenters. The van der Waals surface area contributed by atoms with Crippen LogP contribution < -0.4 is 11.1 Å². The Bertz CT molecular complexity index is 516. The number of carboxylic acids is 1. The molecule has 1 amide bonds. The maximum Gasteiger partial charge on any atom is 0.335 e. The van der Waals surface area contributed by atoms with E-state index in [-0.39, 0.29) is 33.6 Å². The van der Waals surface area contributed by atoms with Crippen molar-refractivity contribution < 1.29 is 14.7 Å². The number of carbonyl (C=O) groups is 2. The van der Waals surface area contributed by atoms with E-state index in [1.54, 1.807) is 0 Å². The minimum atomic E-state index is -1.14. The van der Waals surface area contributed by atoms with E-state index in [0.717, 1.165) is 0 Å². The van der Waals surface area contributed by atoms with Gasteiger partial charge in [0.15, 0.2) is 0 Å². The summed E-state index contributed by atoms with van der Waals surface area (Å²) in [4.78, 5) is 22.6. The molecule has 110 valence electrons. The van der Waals surface area contributed by atoms with Crippen molar-refractivity contribution in [3.05, 3.63) is 27.7 Å². The predicted octanol–water partition coefficient (Wildman–Crippen LogP) is 3.15. The summed E-state index contributed by atoms with van der Waals surface area (Å²) in [5.41, 5.74) is 5.51. The molecule has 1 aromatic carbocycles. The molecule has 20 heavy (non-hydrogen) atoms. The summed E-state index contributed by atoms with van der Waals surface area (Å²) >= 11 is 11.9. The number of rotatable bonds is 5. The fourth-order valence-corrected chi connectivity index (χ4v) is 2.04. The van der Waals surface area contributed by atoms with Gasteiger partial charge in [0.25, 0.3) is 0 Å². The predicted molar refractivity (Wildman–Crippen MR) is 79.6 cm³/mol. The van der Waals surface area contributed by atoms with Crippen molar-refractivity contribution in [1.29, 1.82) is 0 Å². The van der Waals surface area contributed by atoms with Crippen molar-refractivity contribution in [3.63, 3.8) is 0 Å². The van der Waals surface area contributed by atoms with E-state index in [9.17, 15) is 9.59 Å². The maximum atomic E-state index is 11.8. The summed E-state index contributed by atoms with van der Waals surface area (Å²) in [5.74, 6) is -1.42. The fraction of sp³-hybridized carbons (Fsp3) is 0.385. The van der Waals surface area contributed by atoms with Gasteiger partial charge in [-0.15, -0.1) is 0 Å². The first-order valence-electron chi connectivity index (χ1n) is 5.91. The van der Waals surface area contributed by atoms with Gasteiger partial charge >= 0.3 is 5.97 Å². The lowest BCUT2D eigenvalue weighted by Crippen LogP contribution is -2.33. The van der Waals surface area contributed by atoms with Crippen LogP contribution in [0, 0.1) is 0 Å². The highest BCUT2D eigenvalue weighted by Crippen LogP contribution is 2.32. The summed E-state index contributed by atoms with van der Waals surface area (Å²) in [5, 5.41) is 11.6. The van der Waals surface area contributed by atoms with Crippen LogP contribution in [0.5, 0.6) is 0 Å². The highest BCUT2D eigenvalue weighted by molar-refractivity contribution is 6.40. The molecule has 7 heteroatoms. The average molecular weight is 319 g/mol. The van der Waals surface area contributed by atoms with Gasteiger partial charge in [-0.25, -0.2) is 4.79 Å². The van der Waals surface area contributed by atoms with Gasteiger partial charge in [0.1, 0.15) is 0 Å². The number of amides is 1. The van der Waals surface area contributed by atoms with Gasteiger partial charge in [0.2, 0.25) is 5.91 Å². The lowest BCUT2D eigenvalue weighted by molar-refractivity contribution is -0.116. The second-order valence-corrected chi connectivity index (χ2v) is 5.97. The van der Waals surface area contributed by atoms with Crippen LogP contribution in [0.1, 0.15) is 37.0 Å². The molecule has 0 bridgehead atoms. The molecule has 0 aliphatic rings. The van der Waals surface area contributed by atoms with E-state index < -0.39 is 11.5 Å². The summed E-state index contributed by atoms with van der Waals surface area (Å²) in [6, 6.07) is 2.47.